The second-order valence-corrected chi connectivity index (χ2v) is 5.25. The molecular weight excluding hydrogens is 240 g/mol. The first kappa shape index (κ1) is 13.7. The molecule has 0 bridgehead atoms. The van der Waals surface area contributed by atoms with Crippen LogP contribution in [0.15, 0.2) is 24.3 Å². The number of nitrogens with zero attached hydrogens (tertiary/aromatic N) is 4. The van der Waals surface area contributed by atoms with Crippen molar-refractivity contribution >= 4 is 0 Å². The Kier molecular flexibility index (Phi) is 4.27. The van der Waals surface area contributed by atoms with Crippen molar-refractivity contribution in [3.8, 4) is 0 Å². The van der Waals surface area contributed by atoms with Gasteiger partial charge in [-0.1, -0.05) is 38.1 Å². The highest BCUT2D eigenvalue weighted by atomic mass is 16.3. The van der Waals surface area contributed by atoms with Gasteiger partial charge < -0.3 is 5.11 Å². The van der Waals surface area contributed by atoms with Crippen molar-refractivity contribution in [2.24, 2.45) is 13.0 Å². The summed E-state index contributed by atoms with van der Waals surface area (Å²) in [7, 11) is 1.71. The molecule has 0 amide bonds. The Morgan fingerprint density at radius 2 is 1.84 bits per heavy atom. The standard InChI is InChI=1S/C14H20N4O/c1-10(2)8-11-4-6-12(7-5-11)13(19)9-14-15-17-18(3)16-14/h4-7,10,13,19H,8-9H2,1-3H3. The van der Waals surface area contributed by atoms with Crippen LogP contribution < -0.4 is 0 Å². The maximum absolute atomic E-state index is 10.1. The molecule has 19 heavy (non-hydrogen) atoms. The molecule has 1 aromatic carbocycles. The zero-order chi connectivity index (χ0) is 13.8. The predicted molar refractivity (Wildman–Crippen MR) is 72.4 cm³/mol. The van der Waals surface area contributed by atoms with E-state index in [0.717, 1.165) is 12.0 Å². The molecular formula is C14H20N4O. The van der Waals surface area contributed by atoms with E-state index in [2.05, 4.69) is 41.4 Å². The Morgan fingerprint density at radius 1 is 1.16 bits per heavy atom. The molecule has 102 valence electrons. The van der Waals surface area contributed by atoms with E-state index in [0.29, 0.717) is 18.2 Å². The molecule has 1 heterocycles. The summed E-state index contributed by atoms with van der Waals surface area (Å²) in [6.07, 6.45) is 0.858. The zero-order valence-electron chi connectivity index (χ0n) is 11.6. The van der Waals surface area contributed by atoms with Crippen LogP contribution in [0.25, 0.3) is 0 Å². The summed E-state index contributed by atoms with van der Waals surface area (Å²) in [4.78, 5) is 1.40. The second kappa shape index (κ2) is 5.93. The maximum atomic E-state index is 10.1. The van der Waals surface area contributed by atoms with Gasteiger partial charge in [0.05, 0.1) is 13.2 Å². The van der Waals surface area contributed by atoms with Crippen molar-refractivity contribution in [3.63, 3.8) is 0 Å². The summed E-state index contributed by atoms with van der Waals surface area (Å²) in [5.41, 5.74) is 2.18. The largest absolute Gasteiger partial charge is 0.388 e. The molecule has 0 aliphatic heterocycles. The Bertz CT molecular complexity index is 518. The van der Waals surface area contributed by atoms with Crippen molar-refractivity contribution in [2.45, 2.75) is 32.8 Å². The number of benzene rings is 1. The summed E-state index contributed by atoms with van der Waals surface area (Å²) in [5, 5.41) is 21.8. The van der Waals surface area contributed by atoms with E-state index in [1.165, 1.54) is 10.4 Å². The normalized spacial score (nSPS) is 12.9. The summed E-state index contributed by atoms with van der Waals surface area (Å²) >= 11 is 0. The Balaban J connectivity index is 2.01. The minimum Gasteiger partial charge on any atom is -0.388 e. The van der Waals surface area contributed by atoms with Gasteiger partial charge in [-0.05, 0) is 28.7 Å². The van der Waals surface area contributed by atoms with Crippen LogP contribution in [-0.4, -0.2) is 25.3 Å². The number of tetrazole rings is 1. The smallest absolute Gasteiger partial charge is 0.177 e. The molecule has 0 saturated carbocycles. The molecule has 1 unspecified atom stereocenters. The van der Waals surface area contributed by atoms with Gasteiger partial charge in [0.1, 0.15) is 0 Å². The van der Waals surface area contributed by atoms with E-state index in [1.807, 2.05) is 12.1 Å². The van der Waals surface area contributed by atoms with Gasteiger partial charge in [0.15, 0.2) is 5.82 Å². The summed E-state index contributed by atoms with van der Waals surface area (Å²) < 4.78 is 0. The Morgan fingerprint density at radius 3 is 2.37 bits per heavy atom. The van der Waals surface area contributed by atoms with Crippen LogP contribution in [0.2, 0.25) is 0 Å². The minimum absolute atomic E-state index is 0.386. The van der Waals surface area contributed by atoms with Crippen LogP contribution in [0.1, 0.15) is 36.9 Å². The summed E-state index contributed by atoms with van der Waals surface area (Å²) in [6.45, 7) is 4.39. The third kappa shape index (κ3) is 3.86. The van der Waals surface area contributed by atoms with Gasteiger partial charge in [-0.2, -0.15) is 4.80 Å². The molecule has 0 fully saturated rings. The van der Waals surface area contributed by atoms with Gasteiger partial charge in [-0.25, -0.2) is 0 Å². The van der Waals surface area contributed by atoms with E-state index >= 15 is 0 Å². The summed E-state index contributed by atoms with van der Waals surface area (Å²) in [6, 6.07) is 8.09. The predicted octanol–water partition coefficient (Wildman–Crippen LogP) is 1.68. The SMILES string of the molecule is CC(C)Cc1ccc(C(O)Cc2nnn(C)n2)cc1. The number of hydrogen-bond acceptors (Lipinski definition) is 4. The van der Waals surface area contributed by atoms with Crippen molar-refractivity contribution in [2.75, 3.05) is 0 Å². The molecule has 0 radical (unpaired) electrons. The number of hydrogen-bond donors (Lipinski definition) is 1. The number of aliphatic hydroxyl groups excluding tert-OH is 1. The van der Waals surface area contributed by atoms with Crippen molar-refractivity contribution in [3.05, 3.63) is 41.2 Å². The van der Waals surface area contributed by atoms with Crippen LogP contribution in [0.3, 0.4) is 0 Å². The van der Waals surface area contributed by atoms with Gasteiger partial charge >= 0.3 is 0 Å². The highest BCUT2D eigenvalue weighted by Gasteiger charge is 2.12. The van der Waals surface area contributed by atoms with Gasteiger partial charge in [-0.3, -0.25) is 0 Å². The lowest BCUT2D eigenvalue weighted by Crippen LogP contribution is -2.04. The first-order valence-corrected chi connectivity index (χ1v) is 6.54. The molecule has 2 aromatic rings. The first-order chi connectivity index (χ1) is 9.04. The lowest BCUT2D eigenvalue weighted by Gasteiger charge is -2.10. The zero-order valence-corrected chi connectivity index (χ0v) is 11.6. The maximum Gasteiger partial charge on any atom is 0.177 e. The van der Waals surface area contributed by atoms with Gasteiger partial charge in [0.25, 0.3) is 0 Å². The van der Waals surface area contributed by atoms with Crippen LogP contribution in [0, 0.1) is 5.92 Å². The van der Waals surface area contributed by atoms with E-state index < -0.39 is 6.10 Å². The first-order valence-electron chi connectivity index (χ1n) is 6.54. The minimum atomic E-state index is -0.586. The fraction of sp³-hybridized carbons (Fsp3) is 0.500. The van der Waals surface area contributed by atoms with Crippen LogP contribution in [-0.2, 0) is 19.9 Å². The molecule has 0 aliphatic rings. The average molecular weight is 260 g/mol. The number of aromatic nitrogens is 4. The van der Waals surface area contributed by atoms with Gasteiger partial charge in [-0.15, -0.1) is 10.2 Å². The Labute approximate surface area is 113 Å². The van der Waals surface area contributed by atoms with E-state index in [1.54, 1.807) is 7.05 Å². The monoisotopic (exact) mass is 260 g/mol. The third-order valence-corrected chi connectivity index (χ3v) is 2.93. The lowest BCUT2D eigenvalue weighted by atomic mass is 9.99. The van der Waals surface area contributed by atoms with E-state index in [-0.39, 0.29) is 0 Å². The van der Waals surface area contributed by atoms with Crippen LogP contribution >= 0.6 is 0 Å². The molecule has 1 N–H and O–H groups in total. The molecule has 1 atom stereocenters. The number of rotatable bonds is 5. The molecule has 5 nitrogen and oxygen atoms in total. The van der Waals surface area contributed by atoms with Gasteiger partial charge in [0, 0.05) is 6.42 Å². The Hall–Kier alpha value is -1.75. The third-order valence-electron chi connectivity index (χ3n) is 2.93. The summed E-state index contributed by atoms with van der Waals surface area (Å²) in [5.74, 6) is 1.20. The number of aliphatic hydroxyl groups is 1. The fourth-order valence-electron chi connectivity index (χ4n) is 2.04. The van der Waals surface area contributed by atoms with Crippen LogP contribution in [0.5, 0.6) is 0 Å². The lowest BCUT2D eigenvalue weighted by molar-refractivity contribution is 0.175. The highest BCUT2D eigenvalue weighted by molar-refractivity contribution is 5.24. The molecule has 0 saturated heterocycles. The second-order valence-electron chi connectivity index (χ2n) is 5.25. The highest BCUT2D eigenvalue weighted by Crippen LogP contribution is 2.18. The molecule has 0 aliphatic carbocycles. The van der Waals surface area contributed by atoms with E-state index in [9.17, 15) is 5.11 Å². The van der Waals surface area contributed by atoms with Crippen molar-refractivity contribution in [1.82, 2.24) is 20.2 Å². The fourth-order valence-corrected chi connectivity index (χ4v) is 2.04. The number of aryl methyl sites for hydroxylation is 1. The molecule has 0 spiro atoms. The molecule has 2 rings (SSSR count). The van der Waals surface area contributed by atoms with Gasteiger partial charge in [0.2, 0.25) is 0 Å². The molecule has 1 aromatic heterocycles. The van der Waals surface area contributed by atoms with Crippen molar-refractivity contribution < 1.29 is 5.11 Å². The van der Waals surface area contributed by atoms with Crippen LogP contribution in [0.4, 0.5) is 0 Å². The van der Waals surface area contributed by atoms with Crippen molar-refractivity contribution in [1.29, 1.82) is 0 Å². The topological polar surface area (TPSA) is 63.8 Å². The quantitative estimate of drug-likeness (QED) is 0.888. The average Bonchev–Trinajstić information content (AvgIpc) is 2.75. The van der Waals surface area contributed by atoms with E-state index in [4.69, 9.17) is 0 Å². The molecule has 5 heteroatoms.